The molecule has 0 radical (unpaired) electrons. The molecular formula is C18H23N3O3. The second kappa shape index (κ2) is 6.65. The van der Waals surface area contributed by atoms with Crippen LogP contribution in [-0.2, 0) is 20.0 Å². The molecule has 2 aromatic heterocycles. The first-order valence-corrected chi connectivity index (χ1v) is 8.38. The number of carboxylic acid groups (broad SMARTS) is 1. The number of H-pyrrole nitrogens is 1. The Morgan fingerprint density at radius 2 is 2.00 bits per heavy atom. The fourth-order valence-corrected chi connectivity index (χ4v) is 3.37. The molecule has 3 heterocycles. The number of rotatable bonds is 5. The third kappa shape index (κ3) is 3.01. The molecular weight excluding hydrogens is 306 g/mol. The number of aryl methyl sites for hydroxylation is 1. The molecule has 2 N–H and O–H groups in total. The van der Waals surface area contributed by atoms with E-state index in [1.807, 2.05) is 20.0 Å². The van der Waals surface area contributed by atoms with Crippen molar-refractivity contribution in [2.45, 2.75) is 32.7 Å². The normalized spacial score (nSPS) is 15.1. The van der Waals surface area contributed by atoms with E-state index in [0.29, 0.717) is 12.1 Å². The van der Waals surface area contributed by atoms with Gasteiger partial charge >= 0.3 is 5.97 Å². The topological polar surface area (TPSA) is 78.3 Å². The van der Waals surface area contributed by atoms with E-state index in [-0.39, 0.29) is 5.56 Å². The summed E-state index contributed by atoms with van der Waals surface area (Å²) in [6, 6.07) is 5.57. The van der Waals surface area contributed by atoms with Crippen molar-refractivity contribution in [1.29, 1.82) is 0 Å². The lowest BCUT2D eigenvalue weighted by atomic mass is 10.1. The summed E-state index contributed by atoms with van der Waals surface area (Å²) >= 11 is 0. The number of likely N-dealkylation sites (tertiary alicyclic amines) is 1. The molecule has 0 atom stereocenters. The Balaban J connectivity index is 1.99. The minimum atomic E-state index is -1.20. The predicted molar refractivity (Wildman–Crippen MR) is 92.3 cm³/mol. The number of hydrogen-bond donors (Lipinski definition) is 2. The van der Waals surface area contributed by atoms with Crippen LogP contribution in [0.25, 0.3) is 11.4 Å². The summed E-state index contributed by atoms with van der Waals surface area (Å²) < 4.78 is 2.09. The molecule has 24 heavy (non-hydrogen) atoms. The number of aromatic nitrogens is 2. The second-order valence-corrected chi connectivity index (χ2v) is 6.32. The molecule has 1 aliphatic heterocycles. The molecule has 3 rings (SSSR count). The van der Waals surface area contributed by atoms with Crippen molar-refractivity contribution in [2.75, 3.05) is 13.1 Å². The van der Waals surface area contributed by atoms with Crippen LogP contribution in [0.4, 0.5) is 0 Å². The molecule has 0 saturated carbocycles. The number of aromatic carboxylic acids is 1. The van der Waals surface area contributed by atoms with E-state index in [2.05, 4.69) is 20.5 Å². The van der Waals surface area contributed by atoms with E-state index < -0.39 is 11.5 Å². The van der Waals surface area contributed by atoms with Crippen molar-refractivity contribution in [3.8, 4) is 11.4 Å². The Hall–Kier alpha value is -2.34. The number of hydrogen-bond acceptors (Lipinski definition) is 3. The van der Waals surface area contributed by atoms with Crippen LogP contribution >= 0.6 is 0 Å². The summed E-state index contributed by atoms with van der Waals surface area (Å²) in [6.45, 7) is 5.11. The number of carbonyl (C=O) groups is 1. The van der Waals surface area contributed by atoms with Crippen molar-refractivity contribution in [3.05, 3.63) is 45.4 Å². The summed E-state index contributed by atoms with van der Waals surface area (Å²) in [6.07, 6.45) is 3.15. The van der Waals surface area contributed by atoms with Gasteiger partial charge in [-0.1, -0.05) is 6.92 Å². The molecule has 0 aromatic carbocycles. The van der Waals surface area contributed by atoms with Gasteiger partial charge in [0, 0.05) is 19.3 Å². The SMILES string of the molecule is CCc1cc(C(=O)O)c(=O)[nH]c1-c1ccc(CN2CCCC2)n1C. The average Bonchev–Trinajstić information content (AvgIpc) is 3.18. The molecule has 6 heteroatoms. The van der Waals surface area contributed by atoms with E-state index in [1.54, 1.807) is 0 Å². The predicted octanol–water partition coefficient (Wildman–Crippen LogP) is 2.24. The Morgan fingerprint density at radius 3 is 2.62 bits per heavy atom. The average molecular weight is 329 g/mol. The summed E-state index contributed by atoms with van der Waals surface area (Å²) in [5.41, 5.74) is 2.88. The number of aromatic amines is 1. The lowest BCUT2D eigenvalue weighted by molar-refractivity contribution is 0.0695. The quantitative estimate of drug-likeness (QED) is 0.882. The van der Waals surface area contributed by atoms with E-state index in [9.17, 15) is 9.59 Å². The van der Waals surface area contributed by atoms with E-state index in [0.717, 1.165) is 30.9 Å². The van der Waals surface area contributed by atoms with E-state index >= 15 is 0 Å². The highest BCUT2D eigenvalue weighted by Gasteiger charge is 2.18. The number of nitrogens with one attached hydrogen (secondary N) is 1. The van der Waals surface area contributed by atoms with E-state index in [4.69, 9.17) is 5.11 Å². The highest BCUT2D eigenvalue weighted by Crippen LogP contribution is 2.25. The van der Waals surface area contributed by atoms with Crippen LogP contribution in [0, 0.1) is 0 Å². The van der Waals surface area contributed by atoms with Crippen molar-refractivity contribution in [2.24, 2.45) is 7.05 Å². The van der Waals surface area contributed by atoms with Gasteiger partial charge in [-0.05, 0) is 56.1 Å². The van der Waals surface area contributed by atoms with Crippen LogP contribution in [-0.4, -0.2) is 38.6 Å². The molecule has 2 aromatic rings. The largest absolute Gasteiger partial charge is 0.477 e. The van der Waals surface area contributed by atoms with Gasteiger partial charge in [-0.25, -0.2) is 4.79 Å². The highest BCUT2D eigenvalue weighted by molar-refractivity contribution is 5.88. The van der Waals surface area contributed by atoms with Gasteiger partial charge in [0.25, 0.3) is 5.56 Å². The lowest BCUT2D eigenvalue weighted by Gasteiger charge is -2.16. The van der Waals surface area contributed by atoms with Crippen molar-refractivity contribution in [1.82, 2.24) is 14.5 Å². The Morgan fingerprint density at radius 1 is 1.29 bits per heavy atom. The van der Waals surface area contributed by atoms with Gasteiger partial charge in [-0.15, -0.1) is 0 Å². The molecule has 0 unspecified atom stereocenters. The van der Waals surface area contributed by atoms with Gasteiger partial charge in [0.1, 0.15) is 5.56 Å². The van der Waals surface area contributed by atoms with Gasteiger partial charge < -0.3 is 14.7 Å². The second-order valence-electron chi connectivity index (χ2n) is 6.32. The number of nitrogens with zero attached hydrogens (tertiary/aromatic N) is 2. The third-order valence-electron chi connectivity index (χ3n) is 4.80. The summed E-state index contributed by atoms with van der Waals surface area (Å²) in [5, 5.41) is 9.13. The third-order valence-corrected chi connectivity index (χ3v) is 4.80. The molecule has 0 amide bonds. The summed E-state index contributed by atoms with van der Waals surface area (Å²) in [7, 11) is 1.99. The Labute approximate surface area is 140 Å². The molecule has 0 spiro atoms. The zero-order chi connectivity index (χ0) is 17.3. The first-order chi connectivity index (χ1) is 11.5. The molecule has 128 valence electrons. The fraction of sp³-hybridized carbons (Fsp3) is 0.444. The van der Waals surface area contributed by atoms with Crippen LogP contribution in [0.2, 0.25) is 0 Å². The van der Waals surface area contributed by atoms with Crippen LogP contribution in [0.1, 0.15) is 41.4 Å². The molecule has 1 aliphatic rings. The van der Waals surface area contributed by atoms with E-state index in [1.165, 1.54) is 24.6 Å². The standard InChI is InChI=1S/C18H23N3O3/c1-3-12-10-14(18(23)24)17(22)19-16(12)15-7-6-13(20(15)2)11-21-8-4-5-9-21/h6-7,10H,3-5,8-9,11H2,1-2H3,(H,19,22)(H,23,24). The zero-order valence-corrected chi connectivity index (χ0v) is 14.1. The summed E-state index contributed by atoms with van der Waals surface area (Å²) in [4.78, 5) is 28.4. The van der Waals surface area contributed by atoms with Crippen molar-refractivity contribution in [3.63, 3.8) is 0 Å². The minimum absolute atomic E-state index is 0.206. The highest BCUT2D eigenvalue weighted by atomic mass is 16.4. The van der Waals surface area contributed by atoms with Gasteiger partial charge in [0.15, 0.2) is 0 Å². The first-order valence-electron chi connectivity index (χ1n) is 8.38. The van der Waals surface area contributed by atoms with Crippen LogP contribution in [0.15, 0.2) is 23.0 Å². The molecule has 1 saturated heterocycles. The van der Waals surface area contributed by atoms with Crippen LogP contribution < -0.4 is 5.56 Å². The maximum atomic E-state index is 12.1. The van der Waals surface area contributed by atoms with Crippen LogP contribution in [0.3, 0.4) is 0 Å². The first kappa shape index (κ1) is 16.5. The van der Waals surface area contributed by atoms with Crippen molar-refractivity contribution < 1.29 is 9.90 Å². The Kier molecular flexibility index (Phi) is 4.57. The van der Waals surface area contributed by atoms with Gasteiger partial charge in [-0.2, -0.15) is 0 Å². The fourth-order valence-electron chi connectivity index (χ4n) is 3.37. The molecule has 6 nitrogen and oxygen atoms in total. The van der Waals surface area contributed by atoms with Crippen molar-refractivity contribution >= 4 is 5.97 Å². The van der Waals surface area contributed by atoms with Gasteiger partial charge in [0.2, 0.25) is 0 Å². The maximum absolute atomic E-state index is 12.1. The number of carboxylic acids is 1. The lowest BCUT2D eigenvalue weighted by Crippen LogP contribution is -2.21. The molecule has 1 fully saturated rings. The smallest absolute Gasteiger partial charge is 0.341 e. The molecule has 0 aliphatic carbocycles. The maximum Gasteiger partial charge on any atom is 0.341 e. The van der Waals surface area contributed by atoms with Gasteiger partial charge in [-0.3, -0.25) is 9.69 Å². The molecule has 0 bridgehead atoms. The zero-order valence-electron chi connectivity index (χ0n) is 14.1. The minimum Gasteiger partial charge on any atom is -0.477 e. The van der Waals surface area contributed by atoms with Gasteiger partial charge in [0.05, 0.1) is 11.4 Å². The number of pyridine rings is 1. The summed E-state index contributed by atoms with van der Waals surface area (Å²) in [5.74, 6) is -1.20. The Bertz CT molecular complexity index is 813. The van der Waals surface area contributed by atoms with Crippen LogP contribution in [0.5, 0.6) is 0 Å². The monoisotopic (exact) mass is 329 g/mol.